The second-order valence-electron chi connectivity index (χ2n) is 7.50. The normalized spacial score (nSPS) is 15.6. The molecule has 23 heavy (non-hydrogen) atoms. The van der Waals surface area contributed by atoms with Crippen molar-refractivity contribution >= 4 is 13.8 Å². The van der Waals surface area contributed by atoms with Gasteiger partial charge >= 0.3 is 6.18 Å². The summed E-state index contributed by atoms with van der Waals surface area (Å²) in [4.78, 5) is 3.91. The molecule has 0 aromatic heterocycles. The lowest BCUT2D eigenvalue weighted by Crippen LogP contribution is -2.38. The van der Waals surface area contributed by atoms with Crippen LogP contribution in [0, 0.1) is 0 Å². The maximum absolute atomic E-state index is 13.0. The first-order valence-corrected chi connectivity index (χ1v) is 10.9. The number of halogens is 3. The van der Waals surface area contributed by atoms with Gasteiger partial charge in [-0.3, -0.25) is 4.99 Å². The third-order valence-corrected chi connectivity index (χ3v) is 10.2. The van der Waals surface area contributed by atoms with Gasteiger partial charge in [0.05, 0.1) is 20.7 Å². The molecule has 0 saturated carbocycles. The molecule has 0 heterocycles. The third kappa shape index (κ3) is 5.46. The molecule has 0 aliphatic carbocycles. The lowest BCUT2D eigenvalue weighted by Gasteiger charge is -2.39. The van der Waals surface area contributed by atoms with Gasteiger partial charge in [-0.25, -0.2) is 0 Å². The van der Waals surface area contributed by atoms with Gasteiger partial charge in [-0.1, -0.05) is 64.2 Å². The Balaban J connectivity index is 3.27. The van der Waals surface area contributed by atoms with Crippen molar-refractivity contribution in [1.82, 2.24) is 0 Å². The van der Waals surface area contributed by atoms with Gasteiger partial charge in [0.2, 0.25) is 0 Å². The van der Waals surface area contributed by atoms with Gasteiger partial charge in [0, 0.05) is 0 Å². The number of aliphatic hydroxyl groups is 1. The fourth-order valence-electron chi connectivity index (χ4n) is 2.09. The predicted molar refractivity (Wildman–Crippen MR) is 91.8 cm³/mol. The van der Waals surface area contributed by atoms with Crippen LogP contribution < -0.4 is 0 Å². The molecule has 0 aliphatic heterocycles. The Bertz CT molecular complexity index is 533. The van der Waals surface area contributed by atoms with Gasteiger partial charge in [-0.2, -0.15) is 13.2 Å². The van der Waals surface area contributed by atoms with Crippen molar-refractivity contribution in [3.8, 4) is 0 Å². The van der Waals surface area contributed by atoms with Crippen molar-refractivity contribution in [2.75, 3.05) is 6.61 Å². The summed E-state index contributed by atoms with van der Waals surface area (Å²) in [7, 11) is -1.85. The maximum atomic E-state index is 13.0. The topological polar surface area (TPSA) is 32.6 Å². The van der Waals surface area contributed by atoms with Crippen LogP contribution in [0.5, 0.6) is 0 Å². The maximum Gasteiger partial charge on any atom is 0.431 e. The van der Waals surface area contributed by atoms with Crippen LogP contribution in [-0.2, 0) is 0 Å². The molecule has 1 rings (SSSR count). The molecule has 0 saturated heterocycles. The third-order valence-electron chi connectivity index (χ3n) is 4.71. The largest absolute Gasteiger partial charge is 0.431 e. The van der Waals surface area contributed by atoms with E-state index in [1.165, 1.54) is 0 Å². The van der Waals surface area contributed by atoms with Gasteiger partial charge in [0.1, 0.15) is 5.71 Å². The molecule has 1 N–H and O–H groups in total. The van der Waals surface area contributed by atoms with E-state index in [2.05, 4.69) is 38.9 Å². The number of nitrogens with zero attached hydrogens (tertiary/aromatic N) is 1. The van der Waals surface area contributed by atoms with Gasteiger partial charge in [0.25, 0.3) is 0 Å². The van der Waals surface area contributed by atoms with Crippen molar-refractivity contribution < 1.29 is 18.3 Å². The lowest BCUT2D eigenvalue weighted by molar-refractivity contribution is -0.0627. The second kappa shape index (κ2) is 7.17. The summed E-state index contributed by atoms with van der Waals surface area (Å²) in [5.74, 6) is 0. The number of hydrogen-bond donors (Lipinski definition) is 1. The van der Waals surface area contributed by atoms with Crippen molar-refractivity contribution in [3.05, 3.63) is 35.9 Å². The zero-order chi connectivity index (χ0) is 17.9. The summed E-state index contributed by atoms with van der Waals surface area (Å²) >= 11 is 0. The van der Waals surface area contributed by atoms with Crippen molar-refractivity contribution in [2.45, 2.75) is 57.2 Å². The highest BCUT2D eigenvalue weighted by atomic mass is 28.3. The Morgan fingerprint density at radius 3 is 2.04 bits per heavy atom. The summed E-state index contributed by atoms with van der Waals surface area (Å²) in [5, 5.41) is 9.12. The van der Waals surface area contributed by atoms with Crippen LogP contribution in [0.2, 0.25) is 24.2 Å². The van der Waals surface area contributed by atoms with E-state index in [-0.39, 0.29) is 5.04 Å². The fraction of sp³-hybridized carbons (Fsp3) is 0.588. The molecule has 0 amide bonds. The van der Waals surface area contributed by atoms with Crippen LogP contribution in [0.4, 0.5) is 13.2 Å². The van der Waals surface area contributed by atoms with E-state index in [0.29, 0.717) is 6.04 Å². The predicted octanol–water partition coefficient (Wildman–Crippen LogP) is 5.23. The molecule has 130 valence electrons. The first kappa shape index (κ1) is 19.9. The minimum atomic E-state index is -4.60. The SMILES string of the molecule is CC(C)(C)[Si](C)(C)C[C@H](N=C(CO)C(F)(F)F)c1ccccc1. The number of alkyl halides is 3. The van der Waals surface area contributed by atoms with E-state index in [1.807, 2.05) is 6.07 Å². The van der Waals surface area contributed by atoms with Crippen LogP contribution in [-0.4, -0.2) is 31.7 Å². The highest BCUT2D eigenvalue weighted by Gasteiger charge is 2.39. The van der Waals surface area contributed by atoms with E-state index in [9.17, 15) is 13.2 Å². The molecule has 1 aromatic carbocycles. The molecule has 6 heteroatoms. The van der Waals surface area contributed by atoms with Crippen molar-refractivity contribution in [1.29, 1.82) is 0 Å². The molecular weight excluding hydrogens is 319 g/mol. The minimum Gasteiger partial charge on any atom is -0.390 e. The number of aliphatic hydroxyl groups excluding tert-OH is 1. The molecule has 0 fully saturated rings. The van der Waals surface area contributed by atoms with E-state index in [4.69, 9.17) is 5.11 Å². The van der Waals surface area contributed by atoms with Gasteiger partial charge < -0.3 is 5.11 Å². The van der Waals surface area contributed by atoms with E-state index in [0.717, 1.165) is 5.56 Å². The minimum absolute atomic E-state index is 0.0488. The molecule has 0 radical (unpaired) electrons. The van der Waals surface area contributed by atoms with Crippen LogP contribution in [0.1, 0.15) is 32.4 Å². The van der Waals surface area contributed by atoms with E-state index < -0.39 is 32.6 Å². The first-order chi connectivity index (χ1) is 10.4. The average Bonchev–Trinajstić information content (AvgIpc) is 2.41. The molecule has 0 bridgehead atoms. The summed E-state index contributed by atoms with van der Waals surface area (Å²) in [6.07, 6.45) is -4.60. The van der Waals surface area contributed by atoms with Crippen LogP contribution in [0.3, 0.4) is 0 Å². The summed E-state index contributed by atoms with van der Waals surface area (Å²) in [6, 6.07) is 9.04. The Labute approximate surface area is 137 Å². The van der Waals surface area contributed by atoms with Gasteiger partial charge in [-0.15, -0.1) is 0 Å². The number of aliphatic imine (C=N–C) groups is 1. The zero-order valence-electron chi connectivity index (χ0n) is 14.4. The Morgan fingerprint density at radius 1 is 1.13 bits per heavy atom. The zero-order valence-corrected chi connectivity index (χ0v) is 15.4. The second-order valence-corrected chi connectivity index (χ2v) is 13.2. The first-order valence-electron chi connectivity index (χ1n) is 7.68. The summed E-state index contributed by atoms with van der Waals surface area (Å²) < 4.78 is 39.0. The molecule has 1 atom stereocenters. The fourth-order valence-corrected chi connectivity index (χ4v) is 4.00. The van der Waals surface area contributed by atoms with Gasteiger partial charge in [-0.05, 0) is 16.6 Å². The van der Waals surface area contributed by atoms with Crippen molar-refractivity contribution in [2.24, 2.45) is 4.99 Å². The quantitative estimate of drug-likeness (QED) is 0.575. The van der Waals surface area contributed by atoms with E-state index >= 15 is 0 Å². The van der Waals surface area contributed by atoms with Crippen LogP contribution in [0.15, 0.2) is 35.3 Å². The molecule has 2 nitrogen and oxygen atoms in total. The summed E-state index contributed by atoms with van der Waals surface area (Å²) in [6.45, 7) is 9.63. The highest BCUT2D eigenvalue weighted by molar-refractivity contribution is 6.80. The standard InChI is InChI=1S/C17H26F3NOSi/c1-16(2,3)23(4,5)12-14(13-9-7-6-8-10-13)21-15(11-22)17(18,19)20/h6-10,14,22H,11-12H2,1-5H3/t14-/m0/s1. The lowest BCUT2D eigenvalue weighted by atomic mass is 10.1. The number of rotatable bonds is 5. The van der Waals surface area contributed by atoms with Crippen LogP contribution >= 0.6 is 0 Å². The van der Waals surface area contributed by atoms with E-state index in [1.54, 1.807) is 24.3 Å². The smallest absolute Gasteiger partial charge is 0.390 e. The average molecular weight is 345 g/mol. The molecule has 1 aromatic rings. The summed E-state index contributed by atoms with van der Waals surface area (Å²) in [5.41, 5.74) is -0.349. The molecule has 0 aliphatic rings. The molecular formula is C17H26F3NOSi. The van der Waals surface area contributed by atoms with Gasteiger partial charge in [0.15, 0.2) is 0 Å². The van der Waals surface area contributed by atoms with Crippen LogP contribution in [0.25, 0.3) is 0 Å². The Kier molecular flexibility index (Phi) is 6.21. The molecule has 0 unspecified atom stereocenters. The molecule has 0 spiro atoms. The van der Waals surface area contributed by atoms with Crippen molar-refractivity contribution in [3.63, 3.8) is 0 Å². The number of hydrogen-bond acceptors (Lipinski definition) is 2. The highest BCUT2D eigenvalue weighted by Crippen LogP contribution is 2.43. The Morgan fingerprint density at radius 2 is 1.65 bits per heavy atom. The monoisotopic (exact) mass is 345 g/mol. The number of benzene rings is 1. The Hall–Kier alpha value is -1.14.